The van der Waals surface area contributed by atoms with Crippen LogP contribution in [0.25, 0.3) is 0 Å². The molecule has 234 valence electrons. The molecule has 2 atom stereocenters. The molecule has 0 saturated heterocycles. The predicted octanol–water partition coefficient (Wildman–Crippen LogP) is 7.15. The molecule has 7 nitrogen and oxygen atoms in total. The third-order valence-electron chi connectivity index (χ3n) is 5.86. The van der Waals surface area contributed by atoms with Gasteiger partial charge in [-0.15, -0.1) is 0 Å². The smallest absolute Gasteiger partial charge is 0.349 e. The van der Waals surface area contributed by atoms with Gasteiger partial charge in [0.15, 0.2) is 0 Å². The first kappa shape index (κ1) is 36.7. The van der Waals surface area contributed by atoms with Crippen molar-refractivity contribution >= 4 is 35.0 Å². The Morgan fingerprint density at radius 2 is 1.64 bits per heavy atom. The number of carbonyl (C=O) groups excluding carboxylic acids is 2. The minimum absolute atomic E-state index is 0.00345. The van der Waals surface area contributed by atoms with Crippen LogP contribution in [0.1, 0.15) is 72.3 Å². The molecule has 0 bridgehead atoms. The third-order valence-corrected chi connectivity index (χ3v) is 6.70. The summed E-state index contributed by atoms with van der Waals surface area (Å²) in [4.78, 5) is 30.3. The second kappa shape index (κ2) is 15.8. The number of benzene rings is 1. The lowest BCUT2D eigenvalue weighted by molar-refractivity contribution is -0.181. The van der Waals surface area contributed by atoms with Crippen molar-refractivity contribution in [2.75, 3.05) is 17.3 Å². The Morgan fingerprint density at radius 3 is 2.17 bits per heavy atom. The number of halogens is 6. The number of pyridine rings is 1. The molecular weight excluding hydrogens is 584 g/mol. The summed E-state index contributed by atoms with van der Waals surface area (Å²) in [6.45, 7) is 9.63. The van der Waals surface area contributed by atoms with Gasteiger partial charge in [-0.05, 0) is 64.6 Å². The van der Waals surface area contributed by atoms with Crippen molar-refractivity contribution in [2.45, 2.75) is 79.4 Å². The van der Waals surface area contributed by atoms with E-state index in [-0.39, 0.29) is 39.3 Å². The number of nitrogens with one attached hydrogen (secondary N) is 2. The van der Waals surface area contributed by atoms with E-state index < -0.39 is 42.5 Å². The summed E-state index contributed by atoms with van der Waals surface area (Å²) in [6, 6.07) is 5.01. The molecule has 0 aliphatic rings. The number of anilines is 1. The van der Waals surface area contributed by atoms with E-state index in [9.17, 15) is 35.9 Å². The van der Waals surface area contributed by atoms with Gasteiger partial charge in [0.05, 0.1) is 34.7 Å². The topological polar surface area (TPSA) is 86.7 Å². The monoisotopic (exact) mass is 621 g/mol. The van der Waals surface area contributed by atoms with Crippen LogP contribution in [-0.4, -0.2) is 64.0 Å². The molecule has 0 aliphatic heterocycles. The average Bonchev–Trinajstić information content (AvgIpc) is 2.89. The van der Waals surface area contributed by atoms with Crippen molar-refractivity contribution in [3.63, 3.8) is 0 Å². The lowest BCUT2D eigenvalue weighted by Crippen LogP contribution is -2.41. The fourth-order valence-corrected chi connectivity index (χ4v) is 4.20. The molecule has 14 heteroatoms. The van der Waals surface area contributed by atoms with Crippen molar-refractivity contribution in [3.8, 4) is 0 Å². The zero-order chi connectivity index (χ0) is 32.4. The molecule has 2 rings (SSSR count). The zero-order valence-electron chi connectivity index (χ0n) is 24.8. The highest BCUT2D eigenvalue weighted by Crippen LogP contribution is 2.28. The quantitative estimate of drug-likeness (QED) is 0.167. The first-order chi connectivity index (χ1) is 19.4. The fraction of sp³-hybridized carbons (Fsp3) is 0.500. The second-order valence-electron chi connectivity index (χ2n) is 9.22. The average molecular weight is 622 g/mol. The van der Waals surface area contributed by atoms with E-state index in [1.54, 1.807) is 30.8 Å². The van der Waals surface area contributed by atoms with Gasteiger partial charge >= 0.3 is 12.4 Å². The van der Waals surface area contributed by atoms with Gasteiger partial charge in [-0.25, -0.2) is 0 Å². The Balaban J connectivity index is 0.00000431. The van der Waals surface area contributed by atoms with Gasteiger partial charge in [-0.1, -0.05) is 26.0 Å². The number of alkyl halides is 6. The Kier molecular flexibility index (Phi) is 13.8. The second-order valence-corrected chi connectivity index (χ2v) is 10.1. The van der Waals surface area contributed by atoms with Crippen molar-refractivity contribution in [2.24, 2.45) is 5.10 Å². The van der Waals surface area contributed by atoms with Crippen LogP contribution < -0.4 is 10.6 Å². The summed E-state index contributed by atoms with van der Waals surface area (Å²) < 4.78 is 78.9. The molecular formula is C28H37F6N5O2S. The van der Waals surface area contributed by atoms with Crippen LogP contribution in [-0.2, 0) is 6.54 Å². The van der Waals surface area contributed by atoms with E-state index in [2.05, 4.69) is 20.7 Å². The highest BCUT2D eigenvalue weighted by atomic mass is 32.2. The summed E-state index contributed by atoms with van der Waals surface area (Å²) in [6.07, 6.45) is -7.84. The molecule has 2 aromatic rings. The minimum Gasteiger partial charge on any atom is -0.349 e. The van der Waals surface area contributed by atoms with Crippen LogP contribution in [0.2, 0.25) is 0 Å². The highest BCUT2D eigenvalue weighted by Gasteiger charge is 2.42. The number of aromatic nitrogens is 1. The molecule has 2 N–H and O–H groups in total. The van der Waals surface area contributed by atoms with E-state index in [1.165, 1.54) is 25.1 Å². The summed E-state index contributed by atoms with van der Waals surface area (Å²) in [5, 5.41) is 8.96. The molecule has 2 amide bonds. The van der Waals surface area contributed by atoms with Crippen LogP contribution >= 0.6 is 11.8 Å². The first-order valence-electron chi connectivity index (χ1n) is 13.1. The molecule has 0 saturated carbocycles. The molecule has 0 spiro atoms. The molecule has 0 aliphatic carbocycles. The lowest BCUT2D eigenvalue weighted by atomic mass is 10.00. The largest absolute Gasteiger partial charge is 0.430 e. The van der Waals surface area contributed by atoms with Crippen LogP contribution in [0, 0.1) is 13.8 Å². The van der Waals surface area contributed by atoms with E-state index in [4.69, 9.17) is 0 Å². The Morgan fingerprint density at radius 1 is 1.02 bits per heavy atom. The molecule has 1 aromatic heterocycles. The van der Waals surface area contributed by atoms with Gasteiger partial charge in [-0.3, -0.25) is 19.6 Å². The number of nitrogens with zero attached hydrogens (tertiary/aromatic N) is 3. The van der Waals surface area contributed by atoms with Gasteiger partial charge in [-0.2, -0.15) is 43.2 Å². The molecule has 1 heterocycles. The van der Waals surface area contributed by atoms with Gasteiger partial charge < -0.3 is 10.6 Å². The summed E-state index contributed by atoms with van der Waals surface area (Å²) in [7, 11) is 0. The Bertz CT molecular complexity index is 1250. The number of hydrazone groups is 1. The Hall–Kier alpha value is -3.29. The number of aryl methyl sites for hydroxylation is 2. The fourth-order valence-electron chi connectivity index (χ4n) is 3.61. The van der Waals surface area contributed by atoms with Crippen LogP contribution in [0.5, 0.6) is 0 Å². The number of hydrogen-bond acceptors (Lipinski definition) is 6. The maximum atomic E-state index is 13.3. The first-order valence-corrected chi connectivity index (χ1v) is 14.5. The normalized spacial score (nSPS) is 13.4. The van der Waals surface area contributed by atoms with Gasteiger partial charge in [0.25, 0.3) is 11.8 Å². The van der Waals surface area contributed by atoms with Crippen LogP contribution in [0.3, 0.4) is 0 Å². The van der Waals surface area contributed by atoms with E-state index in [1.807, 2.05) is 27.0 Å². The van der Waals surface area contributed by atoms with E-state index in [0.29, 0.717) is 25.2 Å². The third kappa shape index (κ3) is 10.5. The number of thioether (sulfide) groups is 1. The van der Waals surface area contributed by atoms with Crippen molar-refractivity contribution in [3.05, 3.63) is 58.4 Å². The standard InChI is InChI=1S/C26H31F6N5O2S.C2H6/c1-14-8-7-9-20(22(14)24(39)33-15(2)13-40-6)23(38)35-21-11-10-19(34-16(21)3)12-37(18(5)26(30,31)32)36-17(4)25(27,28)29;1-2/h7-11,15,18H,12-13H2,1-6H3,(H,33,39)(H,35,38);1-2H3/b36-17+;/t15-,18?;/m0./s1. The van der Waals surface area contributed by atoms with Crippen molar-refractivity contribution in [1.29, 1.82) is 0 Å². The highest BCUT2D eigenvalue weighted by molar-refractivity contribution is 7.98. The molecule has 1 aromatic carbocycles. The molecule has 0 radical (unpaired) electrons. The summed E-state index contributed by atoms with van der Waals surface area (Å²) in [5.74, 6) is -0.346. The summed E-state index contributed by atoms with van der Waals surface area (Å²) >= 11 is 1.56. The lowest BCUT2D eigenvalue weighted by Gasteiger charge is -2.29. The van der Waals surface area contributed by atoms with Crippen molar-refractivity contribution < 1.29 is 35.9 Å². The maximum absolute atomic E-state index is 13.3. The van der Waals surface area contributed by atoms with E-state index in [0.717, 1.165) is 0 Å². The summed E-state index contributed by atoms with van der Waals surface area (Å²) in [5.41, 5.74) is -0.129. The van der Waals surface area contributed by atoms with Crippen molar-refractivity contribution in [1.82, 2.24) is 15.3 Å². The van der Waals surface area contributed by atoms with Crippen LogP contribution in [0.15, 0.2) is 35.4 Å². The predicted molar refractivity (Wildman–Crippen MR) is 155 cm³/mol. The minimum atomic E-state index is -4.90. The van der Waals surface area contributed by atoms with Crippen LogP contribution in [0.4, 0.5) is 32.0 Å². The molecule has 42 heavy (non-hydrogen) atoms. The van der Waals surface area contributed by atoms with Gasteiger partial charge in [0.1, 0.15) is 11.8 Å². The number of hydrogen-bond donors (Lipinski definition) is 2. The maximum Gasteiger partial charge on any atom is 0.430 e. The number of amides is 2. The van der Waals surface area contributed by atoms with E-state index >= 15 is 0 Å². The number of carbonyl (C=O) groups is 2. The SMILES string of the molecule is CC.CSC[C@H](C)NC(=O)c1c(C)cccc1C(=O)Nc1ccc(CN(/N=C(\C)C(F)(F)F)C(C)C(F)(F)F)nc1C. The van der Waals surface area contributed by atoms with Gasteiger partial charge in [0.2, 0.25) is 0 Å². The Labute approximate surface area is 246 Å². The zero-order valence-corrected chi connectivity index (χ0v) is 25.6. The number of rotatable bonds is 10. The molecule has 0 fully saturated rings. The molecule has 1 unspecified atom stereocenters. The van der Waals surface area contributed by atoms with Gasteiger partial charge in [0, 0.05) is 11.8 Å².